The summed E-state index contributed by atoms with van der Waals surface area (Å²) in [6.45, 7) is 12.1. The Morgan fingerprint density at radius 2 is 1.74 bits per heavy atom. The first-order chi connectivity index (χ1) is 8.84. The van der Waals surface area contributed by atoms with Crippen molar-refractivity contribution in [3.63, 3.8) is 0 Å². The summed E-state index contributed by atoms with van der Waals surface area (Å²) < 4.78 is 0. The van der Waals surface area contributed by atoms with E-state index in [4.69, 9.17) is 0 Å². The van der Waals surface area contributed by atoms with Crippen molar-refractivity contribution in [3.05, 3.63) is 0 Å². The highest BCUT2D eigenvalue weighted by atomic mass is 16.2. The highest BCUT2D eigenvalue weighted by Crippen LogP contribution is 2.29. The van der Waals surface area contributed by atoms with E-state index in [1.54, 1.807) is 4.90 Å². The number of hydrogen-bond acceptors (Lipinski definition) is 2. The fourth-order valence-electron chi connectivity index (χ4n) is 2.83. The van der Waals surface area contributed by atoms with Crippen molar-refractivity contribution in [1.29, 1.82) is 0 Å². The molecular formula is C15H28N2O2. The first-order valence-corrected chi connectivity index (χ1v) is 7.49. The Labute approximate surface area is 116 Å². The Bertz CT molecular complexity index is 350. The van der Waals surface area contributed by atoms with Crippen molar-refractivity contribution in [2.24, 2.45) is 5.92 Å². The molecule has 0 saturated carbocycles. The third kappa shape index (κ3) is 2.63. The van der Waals surface area contributed by atoms with Gasteiger partial charge in [0, 0.05) is 6.04 Å². The molecular weight excluding hydrogens is 240 g/mol. The highest BCUT2D eigenvalue weighted by molar-refractivity contribution is 5.99. The van der Waals surface area contributed by atoms with E-state index in [2.05, 4.69) is 26.1 Å². The largest absolute Gasteiger partial charge is 0.340 e. The molecule has 0 radical (unpaired) electrons. The second-order valence-electron chi connectivity index (χ2n) is 5.79. The van der Waals surface area contributed by atoms with E-state index in [0.29, 0.717) is 18.8 Å². The molecule has 4 nitrogen and oxygen atoms in total. The average Bonchev–Trinajstić information content (AvgIpc) is 2.42. The molecule has 19 heavy (non-hydrogen) atoms. The Morgan fingerprint density at radius 3 is 2.16 bits per heavy atom. The van der Waals surface area contributed by atoms with E-state index in [0.717, 1.165) is 6.42 Å². The maximum Gasteiger partial charge on any atom is 0.249 e. The van der Waals surface area contributed by atoms with Gasteiger partial charge in [-0.05, 0) is 32.6 Å². The van der Waals surface area contributed by atoms with Crippen LogP contribution in [0.2, 0.25) is 0 Å². The maximum absolute atomic E-state index is 12.8. The zero-order valence-corrected chi connectivity index (χ0v) is 13.1. The van der Waals surface area contributed by atoms with Gasteiger partial charge in [-0.3, -0.25) is 9.59 Å². The number of rotatable bonds is 5. The molecule has 110 valence electrons. The zero-order valence-electron chi connectivity index (χ0n) is 13.1. The quantitative estimate of drug-likeness (QED) is 0.832. The molecule has 1 aliphatic rings. The van der Waals surface area contributed by atoms with Crippen molar-refractivity contribution >= 4 is 11.8 Å². The molecule has 3 atom stereocenters. The van der Waals surface area contributed by atoms with E-state index in [1.807, 2.05) is 20.8 Å². The van der Waals surface area contributed by atoms with E-state index >= 15 is 0 Å². The van der Waals surface area contributed by atoms with Gasteiger partial charge in [-0.25, -0.2) is 0 Å². The molecule has 1 saturated heterocycles. The van der Waals surface area contributed by atoms with E-state index in [1.165, 1.54) is 0 Å². The second-order valence-corrected chi connectivity index (χ2v) is 5.79. The van der Waals surface area contributed by atoms with Crippen molar-refractivity contribution < 1.29 is 9.59 Å². The van der Waals surface area contributed by atoms with Crippen LogP contribution < -0.4 is 5.32 Å². The lowest BCUT2D eigenvalue weighted by molar-refractivity contribution is -0.158. The summed E-state index contributed by atoms with van der Waals surface area (Å²) in [5.41, 5.74) is -0.703. The van der Waals surface area contributed by atoms with Crippen LogP contribution in [0.3, 0.4) is 0 Å². The summed E-state index contributed by atoms with van der Waals surface area (Å²) in [6.07, 6.45) is 2.29. The number of piperazine rings is 1. The fourth-order valence-corrected chi connectivity index (χ4v) is 2.83. The number of nitrogens with zero attached hydrogens (tertiary/aromatic N) is 1. The molecule has 1 rings (SSSR count). The smallest absolute Gasteiger partial charge is 0.249 e. The normalized spacial score (nSPS) is 26.0. The van der Waals surface area contributed by atoms with Crippen LogP contribution >= 0.6 is 0 Å². The SMILES string of the molecule is CCC(C)C(C)N1C(=O)C(CC)(CC)NC(=O)C1C. The molecule has 0 aromatic rings. The van der Waals surface area contributed by atoms with Crippen LogP contribution in [-0.2, 0) is 9.59 Å². The average molecular weight is 268 g/mol. The molecule has 0 aliphatic carbocycles. The number of carbonyl (C=O) groups excluding carboxylic acids is 2. The molecule has 1 heterocycles. The van der Waals surface area contributed by atoms with Gasteiger partial charge < -0.3 is 10.2 Å². The number of nitrogens with one attached hydrogen (secondary N) is 1. The van der Waals surface area contributed by atoms with Crippen LogP contribution in [0.15, 0.2) is 0 Å². The summed E-state index contributed by atoms with van der Waals surface area (Å²) in [5.74, 6) is 0.444. The summed E-state index contributed by atoms with van der Waals surface area (Å²) in [6, 6.07) is -0.279. The first-order valence-electron chi connectivity index (χ1n) is 7.49. The standard InChI is InChI=1S/C15H28N2O2/c1-7-10(4)11(5)17-12(6)13(18)16-15(8-2,9-3)14(17)19/h10-12H,7-9H2,1-6H3,(H,16,18). The lowest BCUT2D eigenvalue weighted by Gasteiger charge is -2.48. The Hall–Kier alpha value is -1.06. The van der Waals surface area contributed by atoms with Gasteiger partial charge in [0.1, 0.15) is 11.6 Å². The topological polar surface area (TPSA) is 49.4 Å². The molecule has 2 amide bonds. The summed E-state index contributed by atoms with van der Waals surface area (Å²) >= 11 is 0. The molecule has 3 unspecified atom stereocenters. The van der Waals surface area contributed by atoms with Crippen LogP contribution in [0, 0.1) is 5.92 Å². The number of hydrogen-bond donors (Lipinski definition) is 1. The van der Waals surface area contributed by atoms with Crippen LogP contribution in [0.25, 0.3) is 0 Å². The molecule has 0 bridgehead atoms. The number of amides is 2. The molecule has 1 N–H and O–H groups in total. The van der Waals surface area contributed by atoms with Crippen molar-refractivity contribution in [1.82, 2.24) is 10.2 Å². The molecule has 4 heteroatoms. The van der Waals surface area contributed by atoms with Crippen LogP contribution in [-0.4, -0.2) is 34.3 Å². The second kappa shape index (κ2) is 5.93. The zero-order chi connectivity index (χ0) is 14.8. The minimum absolute atomic E-state index is 0.0292. The van der Waals surface area contributed by atoms with E-state index in [-0.39, 0.29) is 23.9 Å². The molecule has 1 fully saturated rings. The third-order valence-electron chi connectivity index (χ3n) is 4.92. The Kier molecular flexibility index (Phi) is 4.99. The first kappa shape index (κ1) is 16.0. The lowest BCUT2D eigenvalue weighted by atomic mass is 9.85. The van der Waals surface area contributed by atoms with Gasteiger partial charge in [0.2, 0.25) is 11.8 Å². The van der Waals surface area contributed by atoms with Gasteiger partial charge in [-0.2, -0.15) is 0 Å². The fraction of sp³-hybridized carbons (Fsp3) is 0.867. The Morgan fingerprint density at radius 1 is 1.21 bits per heavy atom. The van der Waals surface area contributed by atoms with Gasteiger partial charge >= 0.3 is 0 Å². The highest BCUT2D eigenvalue weighted by Gasteiger charge is 2.49. The van der Waals surface area contributed by atoms with Gasteiger partial charge in [-0.1, -0.05) is 34.1 Å². The minimum atomic E-state index is -0.703. The van der Waals surface area contributed by atoms with Crippen molar-refractivity contribution in [3.8, 4) is 0 Å². The monoisotopic (exact) mass is 268 g/mol. The maximum atomic E-state index is 12.8. The summed E-state index contributed by atoms with van der Waals surface area (Å²) in [4.78, 5) is 26.8. The van der Waals surface area contributed by atoms with Gasteiger partial charge in [0.25, 0.3) is 0 Å². The van der Waals surface area contributed by atoms with E-state index in [9.17, 15) is 9.59 Å². The van der Waals surface area contributed by atoms with Crippen molar-refractivity contribution in [2.45, 2.75) is 78.4 Å². The van der Waals surface area contributed by atoms with Gasteiger partial charge in [0.05, 0.1) is 0 Å². The van der Waals surface area contributed by atoms with Crippen molar-refractivity contribution in [2.75, 3.05) is 0 Å². The van der Waals surface area contributed by atoms with Crippen LogP contribution in [0.5, 0.6) is 0 Å². The molecule has 0 aromatic carbocycles. The van der Waals surface area contributed by atoms with Gasteiger partial charge in [0.15, 0.2) is 0 Å². The van der Waals surface area contributed by atoms with Gasteiger partial charge in [-0.15, -0.1) is 0 Å². The predicted octanol–water partition coefficient (Wildman–Crippen LogP) is 2.33. The minimum Gasteiger partial charge on any atom is -0.340 e. The molecule has 1 aliphatic heterocycles. The summed E-state index contributed by atoms with van der Waals surface area (Å²) in [5, 5.41) is 2.94. The van der Waals surface area contributed by atoms with Crippen LogP contribution in [0.1, 0.15) is 60.8 Å². The predicted molar refractivity (Wildman–Crippen MR) is 76.7 cm³/mol. The lowest BCUT2D eigenvalue weighted by Crippen LogP contribution is -2.71. The third-order valence-corrected chi connectivity index (χ3v) is 4.92. The number of carbonyl (C=O) groups is 2. The molecule has 0 aromatic heterocycles. The summed E-state index contributed by atoms with van der Waals surface area (Å²) in [7, 11) is 0. The van der Waals surface area contributed by atoms with E-state index < -0.39 is 5.54 Å². The Balaban J connectivity index is 3.13. The van der Waals surface area contributed by atoms with Crippen LogP contribution in [0.4, 0.5) is 0 Å². The molecule has 0 spiro atoms.